The van der Waals surface area contributed by atoms with Crippen molar-refractivity contribution in [1.29, 1.82) is 0 Å². The van der Waals surface area contributed by atoms with Gasteiger partial charge in [0, 0.05) is 17.4 Å². The number of hydrogen-bond acceptors (Lipinski definition) is 3. The summed E-state index contributed by atoms with van der Waals surface area (Å²) < 4.78 is 0. The fourth-order valence-corrected chi connectivity index (χ4v) is 1.98. The number of H-pyrrole nitrogens is 1. The van der Waals surface area contributed by atoms with Crippen molar-refractivity contribution < 1.29 is 0 Å². The number of aryl methyl sites for hydroxylation is 1. The number of nitrogens with two attached hydrogens (primary N) is 1. The van der Waals surface area contributed by atoms with Crippen molar-refractivity contribution in [1.82, 2.24) is 15.0 Å². The number of nitrogen functional groups attached to an aromatic ring is 1. The lowest BCUT2D eigenvalue weighted by atomic mass is 10.1. The Bertz CT molecular complexity index is 631. The summed E-state index contributed by atoms with van der Waals surface area (Å²) in [7, 11) is 0. The molecule has 0 aliphatic heterocycles. The Kier molecular flexibility index (Phi) is 2.08. The molecule has 0 saturated heterocycles. The van der Waals surface area contributed by atoms with Gasteiger partial charge in [0.15, 0.2) is 5.65 Å². The summed E-state index contributed by atoms with van der Waals surface area (Å²) in [6.07, 6.45) is 1.73. The fourth-order valence-electron chi connectivity index (χ4n) is 1.98. The van der Waals surface area contributed by atoms with Crippen molar-refractivity contribution in [2.45, 2.75) is 6.92 Å². The molecule has 0 atom stereocenters. The third-order valence-corrected chi connectivity index (χ3v) is 2.80. The molecule has 0 amide bonds. The molecule has 0 saturated carbocycles. The van der Waals surface area contributed by atoms with Gasteiger partial charge in [-0.1, -0.05) is 12.1 Å². The number of rotatable bonds is 1. The van der Waals surface area contributed by atoms with Crippen LogP contribution in [0.2, 0.25) is 0 Å². The molecule has 1 aromatic carbocycles. The predicted octanol–water partition coefficient (Wildman–Crippen LogP) is 2.52. The van der Waals surface area contributed by atoms with E-state index in [4.69, 9.17) is 5.73 Å². The SMILES string of the molecule is Cc1cccc(N)c1-c1nc2ncccc2[nH]1. The van der Waals surface area contributed by atoms with Crippen molar-refractivity contribution in [2.75, 3.05) is 5.73 Å². The second-order valence-electron chi connectivity index (χ2n) is 4.00. The van der Waals surface area contributed by atoms with E-state index in [0.717, 1.165) is 28.2 Å². The topological polar surface area (TPSA) is 67.6 Å². The number of nitrogens with zero attached hydrogens (tertiary/aromatic N) is 2. The molecule has 0 bridgehead atoms. The number of aromatic amines is 1. The Morgan fingerprint density at radius 1 is 1.18 bits per heavy atom. The van der Waals surface area contributed by atoms with Crippen LogP contribution in [0, 0.1) is 6.92 Å². The molecule has 3 rings (SSSR count). The van der Waals surface area contributed by atoms with Crippen LogP contribution in [0.25, 0.3) is 22.6 Å². The average molecular weight is 224 g/mol. The van der Waals surface area contributed by atoms with E-state index in [0.29, 0.717) is 5.65 Å². The molecule has 0 radical (unpaired) electrons. The summed E-state index contributed by atoms with van der Waals surface area (Å²) in [6, 6.07) is 9.67. The van der Waals surface area contributed by atoms with Crippen LogP contribution in [0.4, 0.5) is 5.69 Å². The van der Waals surface area contributed by atoms with Crippen LogP contribution in [0.15, 0.2) is 36.5 Å². The summed E-state index contributed by atoms with van der Waals surface area (Å²) in [5.74, 6) is 0.773. The van der Waals surface area contributed by atoms with Crippen LogP contribution >= 0.6 is 0 Å². The second-order valence-corrected chi connectivity index (χ2v) is 4.00. The van der Waals surface area contributed by atoms with Crippen LogP contribution in [-0.2, 0) is 0 Å². The van der Waals surface area contributed by atoms with E-state index in [1.807, 2.05) is 37.3 Å². The van der Waals surface area contributed by atoms with Gasteiger partial charge in [-0.05, 0) is 30.7 Å². The number of nitrogens with one attached hydrogen (secondary N) is 1. The van der Waals surface area contributed by atoms with Crippen molar-refractivity contribution >= 4 is 16.9 Å². The smallest absolute Gasteiger partial charge is 0.178 e. The number of imidazole rings is 1. The lowest BCUT2D eigenvalue weighted by Crippen LogP contribution is -1.93. The zero-order valence-corrected chi connectivity index (χ0v) is 9.44. The zero-order valence-electron chi connectivity index (χ0n) is 9.44. The van der Waals surface area contributed by atoms with Gasteiger partial charge in [-0.15, -0.1) is 0 Å². The minimum absolute atomic E-state index is 0.713. The first-order chi connectivity index (χ1) is 8.25. The van der Waals surface area contributed by atoms with E-state index in [-0.39, 0.29) is 0 Å². The van der Waals surface area contributed by atoms with Crippen molar-refractivity contribution in [3.05, 3.63) is 42.1 Å². The lowest BCUT2D eigenvalue weighted by molar-refractivity contribution is 1.28. The first-order valence-electron chi connectivity index (χ1n) is 5.42. The Hall–Kier alpha value is -2.36. The van der Waals surface area contributed by atoms with Gasteiger partial charge in [-0.2, -0.15) is 0 Å². The fraction of sp³-hybridized carbons (Fsp3) is 0.0769. The number of fused-ring (bicyclic) bond motifs is 1. The van der Waals surface area contributed by atoms with E-state index in [1.165, 1.54) is 0 Å². The summed E-state index contributed by atoms with van der Waals surface area (Å²) >= 11 is 0. The zero-order chi connectivity index (χ0) is 11.8. The van der Waals surface area contributed by atoms with E-state index in [2.05, 4.69) is 15.0 Å². The number of pyridine rings is 1. The largest absolute Gasteiger partial charge is 0.398 e. The van der Waals surface area contributed by atoms with Gasteiger partial charge in [-0.25, -0.2) is 9.97 Å². The van der Waals surface area contributed by atoms with Crippen LogP contribution in [0.3, 0.4) is 0 Å². The highest BCUT2D eigenvalue weighted by molar-refractivity contribution is 5.81. The van der Waals surface area contributed by atoms with Gasteiger partial charge in [0.2, 0.25) is 0 Å². The van der Waals surface area contributed by atoms with Crippen LogP contribution < -0.4 is 5.73 Å². The molecule has 3 N–H and O–H groups in total. The molecule has 4 heteroatoms. The van der Waals surface area contributed by atoms with Gasteiger partial charge in [0.1, 0.15) is 5.82 Å². The molecule has 17 heavy (non-hydrogen) atoms. The lowest BCUT2D eigenvalue weighted by Gasteiger charge is -2.05. The van der Waals surface area contributed by atoms with Gasteiger partial charge in [0.25, 0.3) is 0 Å². The molecule has 0 unspecified atom stereocenters. The molecule has 3 aromatic rings. The number of aromatic nitrogens is 3. The summed E-state index contributed by atoms with van der Waals surface area (Å²) in [5, 5.41) is 0. The number of anilines is 1. The average Bonchev–Trinajstić information content (AvgIpc) is 2.71. The number of benzene rings is 1. The van der Waals surface area contributed by atoms with Crippen molar-refractivity contribution in [2.24, 2.45) is 0 Å². The highest BCUT2D eigenvalue weighted by atomic mass is 15.0. The third-order valence-electron chi connectivity index (χ3n) is 2.80. The molecular weight excluding hydrogens is 212 g/mol. The van der Waals surface area contributed by atoms with Crippen LogP contribution in [0.1, 0.15) is 5.56 Å². The molecule has 84 valence electrons. The van der Waals surface area contributed by atoms with E-state index in [1.54, 1.807) is 6.20 Å². The summed E-state index contributed by atoms with van der Waals surface area (Å²) in [4.78, 5) is 11.9. The highest BCUT2D eigenvalue weighted by Gasteiger charge is 2.10. The molecule has 0 fully saturated rings. The molecule has 0 aliphatic rings. The van der Waals surface area contributed by atoms with Crippen LogP contribution in [-0.4, -0.2) is 15.0 Å². The van der Waals surface area contributed by atoms with E-state index < -0.39 is 0 Å². The third kappa shape index (κ3) is 1.54. The minimum Gasteiger partial charge on any atom is -0.398 e. The maximum Gasteiger partial charge on any atom is 0.178 e. The monoisotopic (exact) mass is 224 g/mol. The second kappa shape index (κ2) is 3.59. The van der Waals surface area contributed by atoms with Gasteiger partial charge in [-0.3, -0.25) is 0 Å². The maximum absolute atomic E-state index is 5.99. The molecule has 0 spiro atoms. The summed E-state index contributed by atoms with van der Waals surface area (Å²) in [6.45, 7) is 2.02. The summed E-state index contributed by atoms with van der Waals surface area (Å²) in [5.41, 5.74) is 10.4. The maximum atomic E-state index is 5.99. The molecule has 2 aromatic heterocycles. The van der Waals surface area contributed by atoms with Crippen LogP contribution in [0.5, 0.6) is 0 Å². The standard InChI is InChI=1S/C13H12N4/c1-8-4-2-5-9(14)11(8)13-16-10-6-3-7-15-12(10)17-13/h2-7H,14H2,1H3,(H,15,16,17). The predicted molar refractivity (Wildman–Crippen MR) is 68.5 cm³/mol. The van der Waals surface area contributed by atoms with Crippen molar-refractivity contribution in [3.8, 4) is 11.4 Å². The highest BCUT2D eigenvalue weighted by Crippen LogP contribution is 2.28. The Balaban J connectivity index is 2.27. The Morgan fingerprint density at radius 2 is 2.06 bits per heavy atom. The Morgan fingerprint density at radius 3 is 2.82 bits per heavy atom. The van der Waals surface area contributed by atoms with E-state index >= 15 is 0 Å². The quantitative estimate of drug-likeness (QED) is 0.624. The first-order valence-corrected chi connectivity index (χ1v) is 5.42. The Labute approximate surface area is 98.5 Å². The number of hydrogen-bond donors (Lipinski definition) is 2. The van der Waals surface area contributed by atoms with Crippen molar-refractivity contribution in [3.63, 3.8) is 0 Å². The molecule has 2 heterocycles. The van der Waals surface area contributed by atoms with Gasteiger partial charge >= 0.3 is 0 Å². The molecule has 4 nitrogen and oxygen atoms in total. The minimum atomic E-state index is 0.713. The molecular formula is C13H12N4. The van der Waals surface area contributed by atoms with Gasteiger partial charge < -0.3 is 10.7 Å². The van der Waals surface area contributed by atoms with E-state index in [9.17, 15) is 0 Å². The normalized spacial score (nSPS) is 10.9. The molecule has 0 aliphatic carbocycles. The van der Waals surface area contributed by atoms with Gasteiger partial charge in [0.05, 0.1) is 5.52 Å². The first kappa shape index (κ1) is 9.84.